The molecule has 0 heterocycles. The van der Waals surface area contributed by atoms with Crippen LogP contribution in [0, 0.1) is 0 Å². The van der Waals surface area contributed by atoms with E-state index in [1.165, 1.54) is 44.9 Å². The van der Waals surface area contributed by atoms with E-state index in [0.717, 1.165) is 24.3 Å². The molecule has 0 aliphatic rings. The molecule has 0 bridgehead atoms. The lowest BCUT2D eigenvalue weighted by molar-refractivity contribution is 0.0444. The lowest BCUT2D eigenvalue weighted by Gasteiger charge is -2.07. The Morgan fingerprint density at radius 2 is 1.48 bits per heavy atom. The zero-order valence-electron chi connectivity index (χ0n) is 13.7. The highest BCUT2D eigenvalue weighted by Gasteiger charge is 1.97. The summed E-state index contributed by atoms with van der Waals surface area (Å²) >= 11 is 0. The number of rotatable bonds is 13. The molecule has 120 valence electrons. The lowest BCUT2D eigenvalue weighted by Crippen LogP contribution is -2.06. The molecule has 1 N–H and O–H groups in total. The van der Waals surface area contributed by atoms with Gasteiger partial charge in [-0.05, 0) is 24.1 Å². The van der Waals surface area contributed by atoms with Crippen molar-refractivity contribution in [2.24, 2.45) is 0 Å². The molecule has 21 heavy (non-hydrogen) atoms. The Kier molecular flexibility index (Phi) is 10.8. The van der Waals surface area contributed by atoms with E-state index in [2.05, 4.69) is 12.4 Å². The second-order valence-corrected chi connectivity index (χ2v) is 5.46. The minimum absolute atomic E-state index is 0.578. The number of hydrogen-bond acceptors (Lipinski definition) is 3. The number of benzene rings is 1. The number of hydroxylamine groups is 1. The molecule has 0 aliphatic carbocycles. The molecule has 0 aliphatic heterocycles. The molecule has 1 aromatic carbocycles. The van der Waals surface area contributed by atoms with Gasteiger partial charge in [0.1, 0.15) is 5.75 Å². The first kappa shape index (κ1) is 18.0. The van der Waals surface area contributed by atoms with Gasteiger partial charge in [-0.2, -0.15) is 0 Å². The van der Waals surface area contributed by atoms with Crippen molar-refractivity contribution < 1.29 is 9.57 Å². The van der Waals surface area contributed by atoms with Crippen molar-refractivity contribution in [2.45, 2.75) is 64.9 Å². The average molecular weight is 293 g/mol. The van der Waals surface area contributed by atoms with E-state index in [0.29, 0.717) is 6.61 Å². The molecular weight excluding hydrogens is 262 g/mol. The number of unbranched alkanes of at least 4 members (excludes halogenated alkanes) is 7. The number of ether oxygens (including phenoxy) is 1. The standard InChI is InChI=1S/C18H31NO2/c1-3-4-5-6-7-8-9-10-15-20-18-13-11-17(12-14-18)16-21-19-2/h11-14,19H,3-10,15-16H2,1-2H3. The molecular formula is C18H31NO2. The average Bonchev–Trinajstić information content (AvgIpc) is 2.52. The van der Waals surface area contributed by atoms with Crippen molar-refractivity contribution in [3.8, 4) is 5.75 Å². The third-order valence-corrected chi connectivity index (χ3v) is 3.57. The van der Waals surface area contributed by atoms with Gasteiger partial charge < -0.3 is 4.74 Å². The Labute approximate surface area is 130 Å². The van der Waals surface area contributed by atoms with E-state index in [4.69, 9.17) is 9.57 Å². The van der Waals surface area contributed by atoms with Gasteiger partial charge in [0.05, 0.1) is 13.2 Å². The van der Waals surface area contributed by atoms with Crippen LogP contribution in [-0.2, 0) is 11.4 Å². The van der Waals surface area contributed by atoms with Gasteiger partial charge in [-0.1, -0.05) is 64.0 Å². The van der Waals surface area contributed by atoms with E-state index in [9.17, 15) is 0 Å². The van der Waals surface area contributed by atoms with Crippen molar-refractivity contribution in [3.63, 3.8) is 0 Å². The number of nitrogens with one attached hydrogen (secondary N) is 1. The van der Waals surface area contributed by atoms with E-state index in [-0.39, 0.29) is 0 Å². The van der Waals surface area contributed by atoms with Crippen LogP contribution in [-0.4, -0.2) is 13.7 Å². The van der Waals surface area contributed by atoms with Gasteiger partial charge in [0.2, 0.25) is 0 Å². The fourth-order valence-electron chi connectivity index (χ4n) is 2.26. The van der Waals surface area contributed by atoms with Crippen molar-refractivity contribution in [3.05, 3.63) is 29.8 Å². The molecule has 1 rings (SSSR count). The molecule has 1 aromatic rings. The van der Waals surface area contributed by atoms with Crippen LogP contribution in [0.3, 0.4) is 0 Å². The van der Waals surface area contributed by atoms with Crippen LogP contribution in [0.15, 0.2) is 24.3 Å². The Balaban J connectivity index is 1.99. The summed E-state index contributed by atoms with van der Waals surface area (Å²) in [5.41, 5.74) is 3.81. The largest absolute Gasteiger partial charge is 0.494 e. The first-order valence-corrected chi connectivity index (χ1v) is 8.37. The van der Waals surface area contributed by atoms with Gasteiger partial charge in [-0.3, -0.25) is 4.84 Å². The van der Waals surface area contributed by atoms with E-state index in [1.807, 2.05) is 24.3 Å². The van der Waals surface area contributed by atoms with E-state index < -0.39 is 0 Å². The lowest BCUT2D eigenvalue weighted by atomic mass is 10.1. The third-order valence-electron chi connectivity index (χ3n) is 3.57. The summed E-state index contributed by atoms with van der Waals surface area (Å²) in [6, 6.07) is 8.11. The first-order chi connectivity index (χ1) is 10.4. The summed E-state index contributed by atoms with van der Waals surface area (Å²) in [7, 11) is 1.77. The van der Waals surface area contributed by atoms with Crippen LogP contribution < -0.4 is 10.2 Å². The van der Waals surface area contributed by atoms with Crippen LogP contribution in [0.2, 0.25) is 0 Å². The summed E-state index contributed by atoms with van der Waals surface area (Å²) in [4.78, 5) is 5.13. The highest BCUT2D eigenvalue weighted by atomic mass is 16.6. The highest BCUT2D eigenvalue weighted by molar-refractivity contribution is 5.26. The molecule has 0 spiro atoms. The summed E-state index contributed by atoms with van der Waals surface area (Å²) in [5.74, 6) is 0.950. The van der Waals surface area contributed by atoms with E-state index >= 15 is 0 Å². The molecule has 0 saturated carbocycles. The maximum Gasteiger partial charge on any atom is 0.119 e. The van der Waals surface area contributed by atoms with Crippen LogP contribution in [0.5, 0.6) is 5.75 Å². The van der Waals surface area contributed by atoms with Gasteiger partial charge in [-0.15, -0.1) is 0 Å². The molecule has 0 radical (unpaired) electrons. The molecule has 0 aromatic heterocycles. The summed E-state index contributed by atoms with van der Waals surface area (Å²) in [6.45, 7) is 3.66. The van der Waals surface area contributed by atoms with Crippen molar-refractivity contribution >= 4 is 0 Å². The van der Waals surface area contributed by atoms with Crippen LogP contribution in [0.25, 0.3) is 0 Å². The van der Waals surface area contributed by atoms with Gasteiger partial charge in [0.15, 0.2) is 0 Å². The molecule has 0 unspecified atom stereocenters. The quantitative estimate of drug-likeness (QED) is 0.416. The Bertz CT molecular complexity index is 338. The molecule has 0 atom stereocenters. The topological polar surface area (TPSA) is 30.5 Å². The normalized spacial score (nSPS) is 10.8. The predicted molar refractivity (Wildman–Crippen MR) is 88.4 cm³/mol. The third kappa shape index (κ3) is 9.48. The zero-order valence-corrected chi connectivity index (χ0v) is 13.7. The summed E-state index contributed by atoms with van der Waals surface area (Å²) < 4.78 is 5.75. The van der Waals surface area contributed by atoms with Gasteiger partial charge >= 0.3 is 0 Å². The highest BCUT2D eigenvalue weighted by Crippen LogP contribution is 2.14. The zero-order chi connectivity index (χ0) is 15.2. The second kappa shape index (κ2) is 12.7. The molecule has 0 saturated heterocycles. The summed E-state index contributed by atoms with van der Waals surface area (Å²) in [5, 5.41) is 0. The fraction of sp³-hybridized carbons (Fsp3) is 0.667. The monoisotopic (exact) mass is 293 g/mol. The molecule has 0 fully saturated rings. The Morgan fingerprint density at radius 3 is 2.10 bits per heavy atom. The second-order valence-electron chi connectivity index (χ2n) is 5.46. The maximum atomic E-state index is 5.75. The smallest absolute Gasteiger partial charge is 0.119 e. The predicted octanol–water partition coefficient (Wildman–Crippen LogP) is 4.86. The molecule has 0 amide bonds. The van der Waals surface area contributed by atoms with Crippen molar-refractivity contribution in [1.29, 1.82) is 0 Å². The van der Waals surface area contributed by atoms with E-state index in [1.54, 1.807) is 7.05 Å². The Hall–Kier alpha value is -1.06. The van der Waals surface area contributed by atoms with Gasteiger partial charge in [0.25, 0.3) is 0 Å². The van der Waals surface area contributed by atoms with Crippen LogP contribution in [0.4, 0.5) is 0 Å². The minimum Gasteiger partial charge on any atom is -0.494 e. The Morgan fingerprint density at radius 1 is 0.857 bits per heavy atom. The number of hydrogen-bond donors (Lipinski definition) is 1. The molecule has 3 nitrogen and oxygen atoms in total. The van der Waals surface area contributed by atoms with Crippen molar-refractivity contribution in [1.82, 2.24) is 5.48 Å². The van der Waals surface area contributed by atoms with Gasteiger partial charge in [0, 0.05) is 7.05 Å². The minimum atomic E-state index is 0.578. The maximum absolute atomic E-state index is 5.75. The van der Waals surface area contributed by atoms with Gasteiger partial charge in [-0.25, -0.2) is 5.48 Å². The SMILES string of the molecule is CCCCCCCCCCOc1ccc(CONC)cc1. The van der Waals surface area contributed by atoms with Crippen molar-refractivity contribution in [2.75, 3.05) is 13.7 Å². The summed E-state index contributed by atoms with van der Waals surface area (Å²) in [6.07, 6.45) is 10.7. The molecule has 3 heteroatoms. The van der Waals surface area contributed by atoms with Crippen LogP contribution in [0.1, 0.15) is 63.9 Å². The van der Waals surface area contributed by atoms with Crippen LogP contribution >= 0.6 is 0 Å². The fourth-order valence-corrected chi connectivity index (χ4v) is 2.26. The first-order valence-electron chi connectivity index (χ1n) is 8.37.